The fourth-order valence-electron chi connectivity index (χ4n) is 3.79. The first-order valence-corrected chi connectivity index (χ1v) is 11.9. The van der Waals surface area contributed by atoms with Crippen LogP contribution in [0.5, 0.6) is 0 Å². The Labute approximate surface area is 213 Å². The van der Waals surface area contributed by atoms with Gasteiger partial charge in [0, 0.05) is 18.4 Å². The van der Waals surface area contributed by atoms with Crippen LogP contribution in [0.25, 0.3) is 16.0 Å². The number of urea groups is 1. The summed E-state index contributed by atoms with van der Waals surface area (Å²) in [6.45, 7) is 1.88. The van der Waals surface area contributed by atoms with Crippen LogP contribution in [-0.2, 0) is 4.74 Å². The molecule has 0 aliphatic carbocycles. The van der Waals surface area contributed by atoms with Gasteiger partial charge in [0.2, 0.25) is 0 Å². The van der Waals surface area contributed by atoms with E-state index in [0.29, 0.717) is 43.6 Å². The van der Waals surface area contributed by atoms with Crippen LogP contribution in [0.2, 0.25) is 5.02 Å². The molecule has 9 nitrogen and oxygen atoms in total. The van der Waals surface area contributed by atoms with Crippen molar-refractivity contribution in [2.24, 2.45) is 0 Å². The van der Waals surface area contributed by atoms with Gasteiger partial charge in [0.1, 0.15) is 28.0 Å². The predicted molar refractivity (Wildman–Crippen MR) is 136 cm³/mol. The Morgan fingerprint density at radius 3 is 2.58 bits per heavy atom. The van der Waals surface area contributed by atoms with Crippen LogP contribution in [0.15, 0.2) is 61.1 Å². The lowest BCUT2D eigenvalue weighted by atomic mass is 10.00. The number of ether oxygens (including phenoxy) is 1. The predicted octanol–water partition coefficient (Wildman–Crippen LogP) is 5.75. The van der Waals surface area contributed by atoms with Gasteiger partial charge in [0.05, 0.1) is 34.3 Å². The number of nitrogens with zero attached hydrogens (tertiary/aromatic N) is 5. The number of pyridine rings is 1. The summed E-state index contributed by atoms with van der Waals surface area (Å²) >= 11 is 7.79. The summed E-state index contributed by atoms with van der Waals surface area (Å²) in [6, 6.07) is 10.5. The minimum atomic E-state index is -0.622. The Morgan fingerprint density at radius 2 is 1.89 bits per heavy atom. The van der Waals surface area contributed by atoms with Crippen molar-refractivity contribution in [2.45, 2.75) is 13.0 Å². The molecule has 2 amide bonds. The Balaban J connectivity index is 1.46. The molecule has 0 saturated heterocycles. The Bertz CT molecular complexity index is 1540. The van der Waals surface area contributed by atoms with E-state index in [0.717, 1.165) is 5.01 Å². The normalized spacial score (nSPS) is 12.0. The van der Waals surface area contributed by atoms with E-state index in [1.807, 2.05) is 6.92 Å². The van der Waals surface area contributed by atoms with Crippen LogP contribution in [0, 0.1) is 12.7 Å². The van der Waals surface area contributed by atoms with Crippen molar-refractivity contribution in [2.75, 3.05) is 17.7 Å². The molecular formula is C24H19ClFN7O2S. The largest absolute Gasteiger partial charge is 0.372 e. The van der Waals surface area contributed by atoms with Crippen molar-refractivity contribution in [3.05, 3.63) is 88.0 Å². The number of carbonyl (C=O) groups is 1. The highest BCUT2D eigenvalue weighted by Crippen LogP contribution is 2.37. The zero-order valence-corrected chi connectivity index (χ0v) is 20.6. The molecule has 36 heavy (non-hydrogen) atoms. The van der Waals surface area contributed by atoms with Gasteiger partial charge in [0.15, 0.2) is 0 Å². The number of amides is 2. The summed E-state index contributed by atoms with van der Waals surface area (Å²) in [5.41, 5.74) is 3.37. The summed E-state index contributed by atoms with van der Waals surface area (Å²) in [5, 5.41) is 14.9. The van der Waals surface area contributed by atoms with Crippen LogP contribution >= 0.6 is 22.9 Å². The van der Waals surface area contributed by atoms with Crippen LogP contribution in [0.4, 0.5) is 20.6 Å². The number of benzene rings is 2. The highest BCUT2D eigenvalue weighted by atomic mass is 35.5. The van der Waals surface area contributed by atoms with Gasteiger partial charge < -0.3 is 15.4 Å². The molecule has 5 aromatic rings. The number of hydrogen-bond acceptors (Lipinski definition) is 7. The fraction of sp³-hybridized carbons (Fsp3) is 0.125. The molecule has 12 heteroatoms. The van der Waals surface area contributed by atoms with Gasteiger partial charge in [-0.2, -0.15) is 15.0 Å². The van der Waals surface area contributed by atoms with Gasteiger partial charge in [-0.15, -0.1) is 0 Å². The molecule has 182 valence electrons. The highest BCUT2D eigenvalue weighted by Gasteiger charge is 2.24. The maximum atomic E-state index is 13.6. The lowest BCUT2D eigenvalue weighted by Gasteiger charge is -2.20. The summed E-state index contributed by atoms with van der Waals surface area (Å²) in [6.07, 6.45) is 4.02. The van der Waals surface area contributed by atoms with E-state index in [9.17, 15) is 9.18 Å². The lowest BCUT2D eigenvalue weighted by molar-refractivity contribution is 0.138. The van der Waals surface area contributed by atoms with E-state index < -0.39 is 12.1 Å². The quantitative estimate of drug-likeness (QED) is 0.293. The number of halogens is 2. The SMILES string of the molecule is COC(c1ccc(F)cc1)c1c(NC(=O)Nc2ccc(-n3nccn3)c(Cl)c2)cnc2sc(C)nc12. The van der Waals surface area contributed by atoms with Gasteiger partial charge in [-0.3, -0.25) is 0 Å². The standard InChI is InChI=1S/C24H19ClFN7O2S/c1-13-30-21-20(22(35-2)14-3-5-15(26)6-4-14)18(12-27-23(21)36-13)32-24(34)31-16-7-8-19(17(25)11-16)33-28-9-10-29-33/h3-12,22H,1-2H3,(H2,31,32,34). The molecule has 5 rings (SSSR count). The molecule has 0 aliphatic heterocycles. The molecule has 1 atom stereocenters. The van der Waals surface area contributed by atoms with Crippen molar-refractivity contribution < 1.29 is 13.9 Å². The van der Waals surface area contributed by atoms with Crippen molar-refractivity contribution >= 4 is 50.7 Å². The second-order valence-corrected chi connectivity index (χ2v) is 9.29. The second-order valence-electron chi connectivity index (χ2n) is 7.70. The van der Waals surface area contributed by atoms with Gasteiger partial charge in [-0.25, -0.2) is 19.2 Å². The Hall–Kier alpha value is -3.93. The molecule has 0 radical (unpaired) electrons. The monoisotopic (exact) mass is 523 g/mol. The summed E-state index contributed by atoms with van der Waals surface area (Å²) < 4.78 is 19.4. The number of anilines is 2. The smallest absolute Gasteiger partial charge is 0.323 e. The molecule has 0 aliphatic rings. The topological polar surface area (TPSA) is 107 Å². The van der Waals surface area contributed by atoms with Crippen LogP contribution in [0.3, 0.4) is 0 Å². The van der Waals surface area contributed by atoms with E-state index in [-0.39, 0.29) is 5.82 Å². The average Bonchev–Trinajstić information content (AvgIpc) is 3.51. The number of thiazole rings is 1. The van der Waals surface area contributed by atoms with Crippen LogP contribution < -0.4 is 10.6 Å². The number of fused-ring (bicyclic) bond motifs is 1. The van der Waals surface area contributed by atoms with Gasteiger partial charge in [0.25, 0.3) is 0 Å². The molecular weight excluding hydrogens is 505 g/mol. The first-order valence-electron chi connectivity index (χ1n) is 10.7. The number of rotatable bonds is 6. The van der Waals surface area contributed by atoms with Gasteiger partial charge in [-0.1, -0.05) is 35.1 Å². The van der Waals surface area contributed by atoms with Gasteiger partial charge in [-0.05, 0) is 42.8 Å². The first-order chi connectivity index (χ1) is 17.4. The summed E-state index contributed by atoms with van der Waals surface area (Å²) in [4.78, 5) is 24.1. The molecule has 0 fully saturated rings. The third-order valence-electron chi connectivity index (χ3n) is 5.33. The molecule has 0 saturated carbocycles. The lowest BCUT2D eigenvalue weighted by Crippen LogP contribution is -2.21. The van der Waals surface area contributed by atoms with E-state index in [1.54, 1.807) is 56.0 Å². The zero-order chi connectivity index (χ0) is 25.2. The number of carbonyl (C=O) groups excluding carboxylic acids is 1. The Kier molecular flexibility index (Phi) is 6.59. The van der Waals surface area contributed by atoms with E-state index in [4.69, 9.17) is 16.3 Å². The molecule has 3 aromatic heterocycles. The second kappa shape index (κ2) is 9.97. The Morgan fingerprint density at radius 1 is 1.14 bits per heavy atom. The zero-order valence-electron chi connectivity index (χ0n) is 19.1. The molecule has 3 heterocycles. The average molecular weight is 524 g/mol. The third kappa shape index (κ3) is 4.76. The molecule has 0 bridgehead atoms. The van der Waals surface area contributed by atoms with E-state index in [1.165, 1.54) is 28.3 Å². The number of nitrogens with one attached hydrogen (secondary N) is 2. The minimum Gasteiger partial charge on any atom is -0.372 e. The van der Waals surface area contributed by atoms with Crippen molar-refractivity contribution in [3.63, 3.8) is 0 Å². The number of methoxy groups -OCH3 is 1. The van der Waals surface area contributed by atoms with Gasteiger partial charge >= 0.3 is 6.03 Å². The fourth-order valence-corrected chi connectivity index (χ4v) is 4.82. The van der Waals surface area contributed by atoms with Crippen molar-refractivity contribution in [1.29, 1.82) is 0 Å². The maximum Gasteiger partial charge on any atom is 0.323 e. The van der Waals surface area contributed by atoms with E-state index >= 15 is 0 Å². The first kappa shape index (κ1) is 23.8. The van der Waals surface area contributed by atoms with E-state index in [2.05, 4.69) is 30.8 Å². The highest BCUT2D eigenvalue weighted by molar-refractivity contribution is 7.18. The maximum absolute atomic E-state index is 13.6. The third-order valence-corrected chi connectivity index (χ3v) is 6.51. The minimum absolute atomic E-state index is 0.358. The molecule has 1 unspecified atom stereocenters. The molecule has 0 spiro atoms. The molecule has 2 aromatic carbocycles. The summed E-state index contributed by atoms with van der Waals surface area (Å²) in [5.74, 6) is -0.358. The van der Waals surface area contributed by atoms with Crippen molar-refractivity contribution in [1.82, 2.24) is 25.0 Å². The number of aromatic nitrogens is 5. The van der Waals surface area contributed by atoms with Crippen molar-refractivity contribution in [3.8, 4) is 5.69 Å². The number of aryl methyl sites for hydroxylation is 1. The van der Waals surface area contributed by atoms with Crippen LogP contribution in [-0.4, -0.2) is 38.1 Å². The summed E-state index contributed by atoms with van der Waals surface area (Å²) in [7, 11) is 1.54. The van der Waals surface area contributed by atoms with Crippen LogP contribution in [0.1, 0.15) is 22.2 Å². The molecule has 2 N–H and O–H groups in total. The number of hydrogen-bond donors (Lipinski definition) is 2.